The van der Waals surface area contributed by atoms with E-state index in [1.165, 1.54) is 18.2 Å². The van der Waals surface area contributed by atoms with Crippen LogP contribution in [0.3, 0.4) is 0 Å². The molecule has 2 aromatic rings. The lowest BCUT2D eigenvalue weighted by molar-refractivity contribution is -0.224. The molecule has 2 aromatic carbocycles. The number of benzene rings is 2. The van der Waals surface area contributed by atoms with E-state index in [1.54, 1.807) is 18.2 Å². The van der Waals surface area contributed by atoms with Crippen LogP contribution in [0.25, 0.3) is 0 Å². The minimum absolute atomic E-state index is 0.0218. The Hall–Kier alpha value is -3.58. The molecule has 188 valence electrons. The van der Waals surface area contributed by atoms with E-state index in [1.807, 2.05) is 0 Å². The number of halogens is 4. The van der Waals surface area contributed by atoms with Crippen LogP contribution in [0.2, 0.25) is 0 Å². The smallest absolute Gasteiger partial charge is 0.423 e. The number of hydrogen-bond acceptors (Lipinski definition) is 4. The second kappa shape index (κ2) is 8.23. The number of ether oxygens (including phenoxy) is 1. The van der Waals surface area contributed by atoms with Gasteiger partial charge in [0.25, 0.3) is 0 Å². The van der Waals surface area contributed by atoms with Crippen LogP contribution in [0, 0.1) is 18.2 Å². The van der Waals surface area contributed by atoms with Gasteiger partial charge in [0.05, 0.1) is 6.54 Å². The summed E-state index contributed by atoms with van der Waals surface area (Å²) in [6.45, 7) is 0.371. The van der Waals surface area contributed by atoms with Crippen LogP contribution in [0.15, 0.2) is 48.5 Å². The Bertz CT molecular complexity index is 1230. The van der Waals surface area contributed by atoms with Gasteiger partial charge in [-0.1, -0.05) is 30.2 Å². The molecule has 6 rings (SSSR count). The fourth-order valence-corrected chi connectivity index (χ4v) is 5.84. The van der Waals surface area contributed by atoms with Gasteiger partial charge in [-0.25, -0.2) is 14.0 Å². The van der Waals surface area contributed by atoms with Crippen molar-refractivity contribution in [3.63, 3.8) is 0 Å². The third-order valence-corrected chi connectivity index (χ3v) is 7.29. The quantitative estimate of drug-likeness (QED) is 0.373. The molecule has 0 radical (unpaired) electrons. The summed E-state index contributed by atoms with van der Waals surface area (Å²) in [5.74, 6) is -0.564. The summed E-state index contributed by atoms with van der Waals surface area (Å²) in [5, 5.41) is 6.22. The number of terminal acetylenes is 1. The van der Waals surface area contributed by atoms with Crippen LogP contribution in [-0.4, -0.2) is 47.2 Å². The molecule has 3 fully saturated rings. The third-order valence-electron chi connectivity index (χ3n) is 7.29. The van der Waals surface area contributed by atoms with Crippen molar-refractivity contribution >= 4 is 12.0 Å². The molecule has 36 heavy (non-hydrogen) atoms. The lowest BCUT2D eigenvalue weighted by Crippen LogP contribution is -2.84. The first-order valence-corrected chi connectivity index (χ1v) is 11.5. The van der Waals surface area contributed by atoms with Gasteiger partial charge in [0.1, 0.15) is 5.82 Å². The van der Waals surface area contributed by atoms with Crippen LogP contribution in [0.1, 0.15) is 36.0 Å². The topological polar surface area (TPSA) is 70.7 Å². The van der Waals surface area contributed by atoms with Gasteiger partial charge in [-0.15, -0.1) is 6.42 Å². The average molecular weight is 501 g/mol. The van der Waals surface area contributed by atoms with Crippen molar-refractivity contribution in [3.05, 3.63) is 71.0 Å². The van der Waals surface area contributed by atoms with Crippen molar-refractivity contribution < 1.29 is 31.9 Å². The molecule has 1 heterocycles. The zero-order valence-electron chi connectivity index (χ0n) is 19.1. The Labute approximate surface area is 205 Å². The Morgan fingerprint density at radius 3 is 2.36 bits per heavy atom. The first-order chi connectivity index (χ1) is 17.0. The summed E-state index contributed by atoms with van der Waals surface area (Å²) in [4.78, 5) is 27.0. The van der Waals surface area contributed by atoms with Crippen molar-refractivity contribution in [3.8, 4) is 12.3 Å². The van der Waals surface area contributed by atoms with E-state index < -0.39 is 35.3 Å². The maximum atomic E-state index is 13.8. The first kappa shape index (κ1) is 24.1. The van der Waals surface area contributed by atoms with Crippen molar-refractivity contribution in [2.24, 2.45) is 0 Å². The number of esters is 1. The zero-order chi connectivity index (χ0) is 25.8. The molecule has 3 aliphatic carbocycles. The highest BCUT2D eigenvalue weighted by Crippen LogP contribution is 2.60. The molecule has 2 amide bonds. The normalized spacial score (nSPS) is 28.1. The minimum atomic E-state index is -5.31. The maximum absolute atomic E-state index is 13.8. The summed E-state index contributed by atoms with van der Waals surface area (Å²) in [5.41, 5.74) is -2.07. The third kappa shape index (κ3) is 3.78. The van der Waals surface area contributed by atoms with Gasteiger partial charge in [0.15, 0.2) is 0 Å². The molecular weight excluding hydrogens is 478 g/mol. The van der Waals surface area contributed by atoms with Crippen LogP contribution < -0.4 is 10.6 Å². The largest absolute Gasteiger partial charge is 0.491 e. The second-order valence-electron chi connectivity index (χ2n) is 9.68. The Kier molecular flexibility index (Phi) is 5.52. The van der Waals surface area contributed by atoms with Crippen molar-refractivity contribution in [1.29, 1.82) is 0 Å². The SMILES string of the molecule is C#CCNC12CC(NC(=O)N3CCc4ccccc4[C@@]3(OC(=O)C(F)(F)F)c3ccc(F)cc3)(C1)C2. The predicted molar refractivity (Wildman–Crippen MR) is 121 cm³/mol. The number of rotatable bonds is 5. The van der Waals surface area contributed by atoms with Crippen molar-refractivity contribution in [1.82, 2.24) is 15.5 Å². The standard InChI is InChI=1S/C26H23F4N3O3/c1-2-12-31-23-14-24(15-23,16-23)32-22(35)33-13-11-17-5-3-4-6-20(17)25(33,36-21(34)26(28,29)30)18-7-9-19(27)10-8-18/h1,3-10,31H,11-16H2,(H,32,35)/t23?,24?,25-/m0/s1. The highest BCUT2D eigenvalue weighted by molar-refractivity contribution is 5.81. The summed E-state index contributed by atoms with van der Waals surface area (Å²) in [6.07, 6.45) is 2.21. The van der Waals surface area contributed by atoms with Crippen molar-refractivity contribution in [2.45, 2.75) is 48.7 Å². The van der Waals surface area contributed by atoms with Gasteiger partial charge in [-0.3, -0.25) is 4.90 Å². The number of nitrogens with one attached hydrogen (secondary N) is 2. The monoisotopic (exact) mass is 501 g/mol. The fraction of sp³-hybridized carbons (Fsp3) is 0.385. The van der Waals surface area contributed by atoms with Gasteiger partial charge in [0, 0.05) is 28.7 Å². The highest BCUT2D eigenvalue weighted by atomic mass is 19.4. The molecule has 0 saturated heterocycles. The second-order valence-corrected chi connectivity index (χ2v) is 9.68. The van der Waals surface area contributed by atoms with E-state index in [0.29, 0.717) is 37.8 Å². The van der Waals surface area contributed by atoms with E-state index in [2.05, 4.69) is 16.6 Å². The lowest BCUT2D eigenvalue weighted by Gasteiger charge is -2.70. The summed E-state index contributed by atoms with van der Waals surface area (Å²) in [7, 11) is 0. The molecular formula is C26H23F4N3O3. The Balaban J connectivity index is 1.54. The Morgan fingerprint density at radius 2 is 1.72 bits per heavy atom. The minimum Gasteiger partial charge on any atom is -0.423 e. The average Bonchev–Trinajstić information content (AvgIpc) is 2.79. The summed E-state index contributed by atoms with van der Waals surface area (Å²) >= 11 is 0. The van der Waals surface area contributed by atoms with E-state index in [9.17, 15) is 27.2 Å². The van der Waals surface area contributed by atoms with Crippen LogP contribution in [-0.2, 0) is 21.7 Å². The van der Waals surface area contributed by atoms with Gasteiger partial charge < -0.3 is 15.4 Å². The van der Waals surface area contributed by atoms with Crippen LogP contribution >= 0.6 is 0 Å². The number of urea groups is 1. The molecule has 2 N–H and O–H groups in total. The number of carbonyl (C=O) groups excluding carboxylic acids is 2. The molecule has 3 saturated carbocycles. The first-order valence-electron chi connectivity index (χ1n) is 11.5. The molecule has 0 spiro atoms. The molecule has 1 atom stereocenters. The predicted octanol–water partition coefficient (Wildman–Crippen LogP) is 3.60. The molecule has 6 nitrogen and oxygen atoms in total. The van der Waals surface area contributed by atoms with Crippen molar-refractivity contribution in [2.75, 3.05) is 13.1 Å². The van der Waals surface area contributed by atoms with Crippen LogP contribution in [0.5, 0.6) is 0 Å². The Morgan fingerprint density at radius 1 is 1.06 bits per heavy atom. The van der Waals surface area contributed by atoms with Gasteiger partial charge in [-0.2, -0.15) is 13.2 Å². The lowest BCUT2D eigenvalue weighted by atomic mass is 9.44. The maximum Gasteiger partial charge on any atom is 0.491 e. The number of carbonyl (C=O) groups is 2. The van der Waals surface area contributed by atoms with E-state index >= 15 is 0 Å². The fourth-order valence-electron chi connectivity index (χ4n) is 5.84. The number of nitrogens with zero attached hydrogens (tertiary/aromatic N) is 1. The number of fused-ring (bicyclic) bond motifs is 1. The molecule has 0 aromatic heterocycles. The molecule has 10 heteroatoms. The molecule has 0 unspecified atom stereocenters. The van der Waals surface area contributed by atoms with Crippen LogP contribution in [0.4, 0.5) is 22.4 Å². The summed E-state index contributed by atoms with van der Waals surface area (Å²) < 4.78 is 59.4. The zero-order valence-corrected chi connectivity index (χ0v) is 19.1. The molecule has 1 aliphatic heterocycles. The molecule has 2 bridgehead atoms. The number of amides is 2. The van der Waals surface area contributed by atoms with E-state index in [-0.39, 0.29) is 23.2 Å². The molecule has 4 aliphatic rings. The number of hydrogen-bond donors (Lipinski definition) is 2. The van der Waals surface area contributed by atoms with Gasteiger partial charge in [0.2, 0.25) is 5.72 Å². The van der Waals surface area contributed by atoms with E-state index in [0.717, 1.165) is 17.0 Å². The van der Waals surface area contributed by atoms with Gasteiger partial charge >= 0.3 is 18.2 Å². The summed E-state index contributed by atoms with van der Waals surface area (Å²) in [6, 6.07) is 10.4. The highest BCUT2D eigenvalue weighted by Gasteiger charge is 2.69. The van der Waals surface area contributed by atoms with Gasteiger partial charge in [-0.05, 0) is 55.5 Å². The van der Waals surface area contributed by atoms with E-state index in [4.69, 9.17) is 11.2 Å². The number of alkyl halides is 3.